The number of hydrogen-bond donors (Lipinski definition) is 2. The molecule has 110 valence electrons. The SMILES string of the molecule is CN(CCNC(=O)c1ccc(F)cc1O)C1CCCC1. The van der Waals surface area contributed by atoms with Crippen molar-refractivity contribution in [1.29, 1.82) is 0 Å². The van der Waals surface area contributed by atoms with E-state index in [4.69, 9.17) is 0 Å². The van der Waals surface area contributed by atoms with E-state index in [1.54, 1.807) is 0 Å². The van der Waals surface area contributed by atoms with Crippen LogP contribution in [0.1, 0.15) is 36.0 Å². The first kappa shape index (κ1) is 14.8. The molecule has 2 N–H and O–H groups in total. The number of phenols is 1. The molecule has 2 rings (SSSR count). The molecule has 0 saturated heterocycles. The third-order valence-corrected chi connectivity index (χ3v) is 3.90. The van der Waals surface area contributed by atoms with Gasteiger partial charge in [-0.15, -0.1) is 0 Å². The monoisotopic (exact) mass is 280 g/mol. The summed E-state index contributed by atoms with van der Waals surface area (Å²) in [6.07, 6.45) is 5.02. The largest absolute Gasteiger partial charge is 0.507 e. The fourth-order valence-electron chi connectivity index (χ4n) is 2.67. The number of carbonyl (C=O) groups is 1. The van der Waals surface area contributed by atoms with E-state index in [2.05, 4.69) is 17.3 Å². The minimum Gasteiger partial charge on any atom is -0.507 e. The maximum Gasteiger partial charge on any atom is 0.255 e. The van der Waals surface area contributed by atoms with Crippen LogP contribution >= 0.6 is 0 Å². The summed E-state index contributed by atoms with van der Waals surface area (Å²) >= 11 is 0. The average Bonchev–Trinajstić information content (AvgIpc) is 2.92. The number of likely N-dealkylation sites (N-methyl/N-ethyl adjacent to an activating group) is 1. The van der Waals surface area contributed by atoms with Crippen molar-refractivity contribution >= 4 is 5.91 Å². The minimum absolute atomic E-state index is 0.106. The Hall–Kier alpha value is -1.62. The average molecular weight is 280 g/mol. The van der Waals surface area contributed by atoms with E-state index in [-0.39, 0.29) is 17.2 Å². The van der Waals surface area contributed by atoms with E-state index >= 15 is 0 Å². The van der Waals surface area contributed by atoms with Crippen LogP contribution in [0.15, 0.2) is 18.2 Å². The van der Waals surface area contributed by atoms with Crippen molar-refractivity contribution in [2.45, 2.75) is 31.7 Å². The molecule has 0 radical (unpaired) electrons. The molecule has 1 aromatic rings. The number of hydrogen-bond acceptors (Lipinski definition) is 3. The molecule has 1 aliphatic carbocycles. The van der Waals surface area contributed by atoms with Crippen molar-refractivity contribution in [3.05, 3.63) is 29.6 Å². The van der Waals surface area contributed by atoms with Crippen LogP contribution in [0.5, 0.6) is 5.75 Å². The van der Waals surface area contributed by atoms with Crippen LogP contribution in [-0.4, -0.2) is 42.1 Å². The summed E-state index contributed by atoms with van der Waals surface area (Å²) in [4.78, 5) is 14.1. The van der Waals surface area contributed by atoms with Crippen molar-refractivity contribution in [2.24, 2.45) is 0 Å². The van der Waals surface area contributed by atoms with Crippen molar-refractivity contribution < 1.29 is 14.3 Å². The zero-order chi connectivity index (χ0) is 14.5. The van der Waals surface area contributed by atoms with Gasteiger partial charge in [-0.2, -0.15) is 0 Å². The van der Waals surface area contributed by atoms with Crippen LogP contribution in [-0.2, 0) is 0 Å². The molecule has 0 spiro atoms. The molecule has 20 heavy (non-hydrogen) atoms. The Morgan fingerprint density at radius 1 is 1.45 bits per heavy atom. The molecular weight excluding hydrogens is 259 g/mol. The van der Waals surface area contributed by atoms with Crippen LogP contribution in [0.2, 0.25) is 0 Å². The highest BCUT2D eigenvalue weighted by molar-refractivity contribution is 5.96. The van der Waals surface area contributed by atoms with E-state index in [0.717, 1.165) is 12.6 Å². The Bertz CT molecular complexity index is 473. The summed E-state index contributed by atoms with van der Waals surface area (Å²) in [5.74, 6) is -1.26. The predicted octanol–water partition coefficient (Wildman–Crippen LogP) is 2.14. The second-order valence-corrected chi connectivity index (χ2v) is 5.34. The molecule has 1 saturated carbocycles. The number of carbonyl (C=O) groups excluding carboxylic acids is 1. The van der Waals surface area contributed by atoms with Gasteiger partial charge in [-0.05, 0) is 32.0 Å². The van der Waals surface area contributed by atoms with Gasteiger partial charge >= 0.3 is 0 Å². The standard InChI is InChI=1S/C15H21FN2O2/c1-18(12-4-2-3-5-12)9-8-17-15(20)13-7-6-11(16)10-14(13)19/h6-7,10,12,19H,2-5,8-9H2,1H3,(H,17,20). The Morgan fingerprint density at radius 3 is 2.80 bits per heavy atom. The Labute approximate surface area is 118 Å². The number of nitrogens with one attached hydrogen (secondary N) is 1. The molecule has 0 atom stereocenters. The Morgan fingerprint density at radius 2 is 2.15 bits per heavy atom. The molecule has 1 aliphatic rings. The van der Waals surface area contributed by atoms with Gasteiger partial charge in [-0.25, -0.2) is 4.39 Å². The van der Waals surface area contributed by atoms with Crippen molar-refractivity contribution in [1.82, 2.24) is 10.2 Å². The molecule has 0 unspecified atom stereocenters. The molecule has 1 amide bonds. The minimum atomic E-state index is -0.556. The first-order valence-electron chi connectivity index (χ1n) is 7.05. The summed E-state index contributed by atoms with van der Waals surface area (Å²) in [7, 11) is 2.07. The summed E-state index contributed by atoms with van der Waals surface area (Å²) in [6, 6.07) is 4.02. The Kier molecular flexibility index (Phi) is 4.95. The quantitative estimate of drug-likeness (QED) is 0.869. The van der Waals surface area contributed by atoms with E-state index in [1.807, 2.05) is 0 Å². The molecule has 5 heteroatoms. The highest BCUT2D eigenvalue weighted by Crippen LogP contribution is 2.22. The van der Waals surface area contributed by atoms with Gasteiger partial charge in [-0.3, -0.25) is 4.79 Å². The normalized spacial score (nSPS) is 15.8. The van der Waals surface area contributed by atoms with E-state index in [0.29, 0.717) is 12.6 Å². The van der Waals surface area contributed by atoms with E-state index in [9.17, 15) is 14.3 Å². The fourth-order valence-corrected chi connectivity index (χ4v) is 2.67. The van der Waals surface area contributed by atoms with Gasteiger partial charge in [-0.1, -0.05) is 12.8 Å². The van der Waals surface area contributed by atoms with Crippen LogP contribution < -0.4 is 5.32 Å². The number of phenolic OH excluding ortho intramolecular Hbond substituents is 1. The number of aromatic hydroxyl groups is 1. The first-order chi connectivity index (χ1) is 9.58. The summed E-state index contributed by atoms with van der Waals surface area (Å²) in [5, 5.41) is 12.3. The van der Waals surface area contributed by atoms with Crippen LogP contribution in [0.4, 0.5) is 4.39 Å². The summed E-state index contributed by atoms with van der Waals surface area (Å²) in [6.45, 7) is 1.29. The molecule has 0 aromatic heterocycles. The first-order valence-corrected chi connectivity index (χ1v) is 7.05. The summed E-state index contributed by atoms with van der Waals surface area (Å²) < 4.78 is 12.8. The van der Waals surface area contributed by atoms with Crippen molar-refractivity contribution in [3.63, 3.8) is 0 Å². The molecule has 0 aliphatic heterocycles. The lowest BCUT2D eigenvalue weighted by molar-refractivity contribution is 0.0944. The maximum atomic E-state index is 12.8. The fraction of sp³-hybridized carbons (Fsp3) is 0.533. The van der Waals surface area contributed by atoms with Gasteiger partial charge in [0.1, 0.15) is 11.6 Å². The lowest BCUT2D eigenvalue weighted by Gasteiger charge is -2.23. The van der Waals surface area contributed by atoms with Crippen LogP contribution in [0, 0.1) is 5.82 Å². The molecule has 0 bridgehead atoms. The van der Waals surface area contributed by atoms with Gasteiger partial charge in [0.25, 0.3) is 5.91 Å². The molecule has 0 heterocycles. The lowest BCUT2D eigenvalue weighted by atomic mass is 10.2. The van der Waals surface area contributed by atoms with Gasteiger partial charge in [0.15, 0.2) is 0 Å². The van der Waals surface area contributed by atoms with Crippen LogP contribution in [0.3, 0.4) is 0 Å². The smallest absolute Gasteiger partial charge is 0.255 e. The highest BCUT2D eigenvalue weighted by atomic mass is 19.1. The topological polar surface area (TPSA) is 52.6 Å². The third-order valence-electron chi connectivity index (χ3n) is 3.90. The second-order valence-electron chi connectivity index (χ2n) is 5.34. The number of benzene rings is 1. The number of rotatable bonds is 5. The lowest BCUT2D eigenvalue weighted by Crippen LogP contribution is -2.37. The summed E-state index contributed by atoms with van der Waals surface area (Å²) in [5.41, 5.74) is 0.106. The highest BCUT2D eigenvalue weighted by Gasteiger charge is 2.19. The van der Waals surface area contributed by atoms with Crippen molar-refractivity contribution in [3.8, 4) is 5.75 Å². The zero-order valence-corrected chi connectivity index (χ0v) is 11.7. The number of nitrogens with zero attached hydrogens (tertiary/aromatic N) is 1. The van der Waals surface area contributed by atoms with Crippen molar-refractivity contribution in [2.75, 3.05) is 20.1 Å². The van der Waals surface area contributed by atoms with E-state index in [1.165, 1.54) is 37.8 Å². The van der Waals surface area contributed by atoms with Gasteiger partial charge in [0.05, 0.1) is 5.56 Å². The Balaban J connectivity index is 1.80. The maximum absolute atomic E-state index is 12.8. The zero-order valence-electron chi connectivity index (χ0n) is 11.7. The van der Waals surface area contributed by atoms with E-state index < -0.39 is 5.82 Å². The number of halogens is 1. The number of amides is 1. The molecule has 4 nitrogen and oxygen atoms in total. The molecule has 1 aromatic carbocycles. The second kappa shape index (κ2) is 6.70. The molecule has 1 fully saturated rings. The van der Waals surface area contributed by atoms with Gasteiger partial charge < -0.3 is 15.3 Å². The van der Waals surface area contributed by atoms with Crippen LogP contribution in [0.25, 0.3) is 0 Å². The van der Waals surface area contributed by atoms with Gasteiger partial charge in [0.2, 0.25) is 0 Å². The van der Waals surface area contributed by atoms with Gasteiger partial charge in [0, 0.05) is 25.2 Å². The predicted molar refractivity (Wildman–Crippen MR) is 75.3 cm³/mol. The molecular formula is C15H21FN2O2. The third kappa shape index (κ3) is 3.70.